The van der Waals surface area contributed by atoms with E-state index in [0.29, 0.717) is 33.9 Å². The molecule has 0 aliphatic rings. The zero-order chi connectivity index (χ0) is 23.1. The number of amides is 1. The second kappa shape index (κ2) is 10.6. The Morgan fingerprint density at radius 3 is 2.38 bits per heavy atom. The largest absolute Gasteiger partial charge is 0.493 e. The molecule has 3 aromatic rings. The number of carbonyl (C=O) groups excluding carboxylic acids is 2. The van der Waals surface area contributed by atoms with Gasteiger partial charge in [0.25, 0.3) is 5.91 Å². The van der Waals surface area contributed by atoms with Crippen LogP contribution in [0.2, 0.25) is 0 Å². The summed E-state index contributed by atoms with van der Waals surface area (Å²) in [5.41, 5.74) is 4.70. The van der Waals surface area contributed by atoms with Crippen molar-refractivity contribution in [3.8, 4) is 17.2 Å². The first-order valence-electron chi connectivity index (χ1n) is 9.55. The van der Waals surface area contributed by atoms with Gasteiger partial charge in [0.2, 0.25) is 0 Å². The fraction of sp³-hybridized carbons (Fsp3) is 0.125. The third-order valence-corrected chi connectivity index (χ3v) is 4.94. The summed E-state index contributed by atoms with van der Waals surface area (Å²) in [5.74, 6) is 0.336. The Kier molecular flexibility index (Phi) is 7.62. The minimum absolute atomic E-state index is 0.309. The van der Waals surface area contributed by atoms with Crippen LogP contribution in [0.3, 0.4) is 0 Å². The number of halogens is 1. The Labute approximate surface area is 194 Å². The summed E-state index contributed by atoms with van der Waals surface area (Å²) in [5, 5.41) is 4.00. The quantitative estimate of drug-likeness (QED) is 0.220. The molecule has 0 heterocycles. The lowest BCUT2D eigenvalue weighted by molar-refractivity contribution is 0.0734. The number of hydrogen-bond acceptors (Lipinski definition) is 6. The summed E-state index contributed by atoms with van der Waals surface area (Å²) in [6.07, 6.45) is 1.41. The topological polar surface area (TPSA) is 86.2 Å². The molecular formula is C24H21BrN2O5. The maximum Gasteiger partial charge on any atom is 0.343 e. The Bertz CT molecular complexity index is 1180. The zero-order valence-corrected chi connectivity index (χ0v) is 19.3. The molecule has 8 heteroatoms. The standard InChI is InChI=1S/C24H21BrN2O5/c1-15-5-4-6-17(11-15)24(29)32-20-10-8-19(25)12-18(20)14-26-27-23(28)16-7-9-21(30-2)22(13-16)31-3/h4-14H,1-3H3,(H,27,28)/b26-14-. The average molecular weight is 497 g/mol. The van der Waals surface area contributed by atoms with Gasteiger partial charge in [-0.25, -0.2) is 10.2 Å². The van der Waals surface area contributed by atoms with Gasteiger partial charge in [-0.15, -0.1) is 0 Å². The van der Waals surface area contributed by atoms with Crippen LogP contribution >= 0.6 is 15.9 Å². The highest BCUT2D eigenvalue weighted by atomic mass is 79.9. The molecular weight excluding hydrogens is 476 g/mol. The molecule has 0 atom stereocenters. The van der Waals surface area contributed by atoms with Gasteiger partial charge in [-0.2, -0.15) is 5.10 Å². The molecule has 7 nitrogen and oxygen atoms in total. The molecule has 1 N–H and O–H groups in total. The Morgan fingerprint density at radius 1 is 0.906 bits per heavy atom. The van der Waals surface area contributed by atoms with Crippen molar-refractivity contribution in [1.29, 1.82) is 0 Å². The first-order chi connectivity index (χ1) is 15.4. The van der Waals surface area contributed by atoms with Crippen molar-refractivity contribution in [2.45, 2.75) is 6.92 Å². The van der Waals surface area contributed by atoms with Gasteiger partial charge < -0.3 is 14.2 Å². The van der Waals surface area contributed by atoms with Crippen LogP contribution in [0.25, 0.3) is 0 Å². The smallest absolute Gasteiger partial charge is 0.343 e. The molecule has 0 saturated heterocycles. The van der Waals surface area contributed by atoms with Gasteiger partial charge in [-0.05, 0) is 55.5 Å². The van der Waals surface area contributed by atoms with Gasteiger partial charge >= 0.3 is 5.97 Å². The maximum absolute atomic E-state index is 12.5. The van der Waals surface area contributed by atoms with Crippen LogP contribution in [0.1, 0.15) is 31.8 Å². The highest BCUT2D eigenvalue weighted by Crippen LogP contribution is 2.27. The predicted octanol–water partition coefficient (Wildman–Crippen LogP) is 4.76. The third-order valence-electron chi connectivity index (χ3n) is 4.44. The predicted molar refractivity (Wildman–Crippen MR) is 125 cm³/mol. The molecule has 0 saturated carbocycles. The van der Waals surface area contributed by atoms with Crippen LogP contribution in [-0.2, 0) is 0 Å². The van der Waals surface area contributed by atoms with E-state index in [4.69, 9.17) is 14.2 Å². The van der Waals surface area contributed by atoms with E-state index in [1.54, 1.807) is 54.6 Å². The highest BCUT2D eigenvalue weighted by molar-refractivity contribution is 9.10. The van der Waals surface area contributed by atoms with E-state index < -0.39 is 11.9 Å². The number of methoxy groups -OCH3 is 2. The van der Waals surface area contributed by atoms with E-state index in [2.05, 4.69) is 26.5 Å². The maximum atomic E-state index is 12.5. The lowest BCUT2D eigenvalue weighted by atomic mass is 10.1. The zero-order valence-electron chi connectivity index (χ0n) is 17.7. The van der Waals surface area contributed by atoms with Crippen LogP contribution in [0.5, 0.6) is 17.2 Å². The van der Waals surface area contributed by atoms with Crippen LogP contribution < -0.4 is 19.6 Å². The van der Waals surface area contributed by atoms with Crippen molar-refractivity contribution in [1.82, 2.24) is 5.43 Å². The monoisotopic (exact) mass is 496 g/mol. The van der Waals surface area contributed by atoms with Crippen molar-refractivity contribution in [3.63, 3.8) is 0 Å². The molecule has 0 aliphatic carbocycles. The molecule has 0 aromatic heterocycles. The fourth-order valence-corrected chi connectivity index (χ4v) is 3.23. The first-order valence-corrected chi connectivity index (χ1v) is 10.3. The van der Waals surface area contributed by atoms with Gasteiger partial charge in [0.1, 0.15) is 5.75 Å². The number of nitrogens with one attached hydrogen (secondary N) is 1. The van der Waals surface area contributed by atoms with Crippen molar-refractivity contribution in [2.75, 3.05) is 14.2 Å². The molecule has 0 bridgehead atoms. The minimum Gasteiger partial charge on any atom is -0.493 e. The molecule has 0 unspecified atom stereocenters. The van der Waals surface area contributed by atoms with Gasteiger partial charge in [0.05, 0.1) is 26.0 Å². The summed E-state index contributed by atoms with van der Waals surface area (Å²) in [6, 6.07) is 17.0. The Hall–Kier alpha value is -3.65. The lowest BCUT2D eigenvalue weighted by Gasteiger charge is -2.09. The second-order valence-electron chi connectivity index (χ2n) is 6.71. The van der Waals surface area contributed by atoms with E-state index in [1.165, 1.54) is 20.4 Å². The van der Waals surface area contributed by atoms with E-state index in [1.807, 2.05) is 13.0 Å². The van der Waals surface area contributed by atoms with Crippen molar-refractivity contribution < 1.29 is 23.8 Å². The average Bonchev–Trinajstić information content (AvgIpc) is 2.80. The molecule has 0 spiro atoms. The molecule has 32 heavy (non-hydrogen) atoms. The number of benzene rings is 3. The number of nitrogens with zero attached hydrogens (tertiary/aromatic N) is 1. The minimum atomic E-state index is -0.486. The fourth-order valence-electron chi connectivity index (χ4n) is 2.85. The highest BCUT2D eigenvalue weighted by Gasteiger charge is 2.13. The van der Waals surface area contributed by atoms with Crippen molar-refractivity contribution in [2.24, 2.45) is 5.10 Å². The van der Waals surface area contributed by atoms with Crippen LogP contribution in [0.4, 0.5) is 0 Å². The van der Waals surface area contributed by atoms with Crippen LogP contribution in [0, 0.1) is 6.92 Å². The lowest BCUT2D eigenvalue weighted by Crippen LogP contribution is -2.18. The first kappa shape index (κ1) is 23.0. The summed E-state index contributed by atoms with van der Waals surface area (Å²) >= 11 is 3.39. The molecule has 3 rings (SSSR count). The van der Waals surface area contributed by atoms with Crippen molar-refractivity contribution in [3.05, 3.63) is 87.4 Å². The summed E-state index contributed by atoms with van der Waals surface area (Å²) in [6.45, 7) is 1.90. The van der Waals surface area contributed by atoms with Gasteiger partial charge in [0.15, 0.2) is 11.5 Å². The Balaban J connectivity index is 1.75. The van der Waals surface area contributed by atoms with Gasteiger partial charge in [-0.3, -0.25) is 4.79 Å². The number of aryl methyl sites for hydroxylation is 1. The summed E-state index contributed by atoms with van der Waals surface area (Å²) in [7, 11) is 3.01. The van der Waals surface area contributed by atoms with E-state index in [9.17, 15) is 9.59 Å². The molecule has 3 aromatic carbocycles. The normalized spacial score (nSPS) is 10.6. The number of ether oxygens (including phenoxy) is 3. The molecule has 1 amide bonds. The number of hydrogen-bond donors (Lipinski definition) is 1. The second-order valence-corrected chi connectivity index (χ2v) is 7.63. The molecule has 0 fully saturated rings. The number of esters is 1. The van der Waals surface area contributed by atoms with E-state index in [0.717, 1.165) is 10.0 Å². The summed E-state index contributed by atoms with van der Waals surface area (Å²) < 4.78 is 16.7. The van der Waals surface area contributed by atoms with E-state index >= 15 is 0 Å². The van der Waals surface area contributed by atoms with Gasteiger partial charge in [-0.1, -0.05) is 33.6 Å². The SMILES string of the molecule is COc1ccc(C(=O)N/N=C\c2cc(Br)ccc2OC(=O)c2cccc(C)c2)cc1OC. The molecule has 0 radical (unpaired) electrons. The Morgan fingerprint density at radius 2 is 1.66 bits per heavy atom. The number of hydrazone groups is 1. The van der Waals surface area contributed by atoms with Crippen LogP contribution in [0.15, 0.2) is 70.2 Å². The third kappa shape index (κ3) is 5.73. The molecule has 0 aliphatic heterocycles. The van der Waals surface area contributed by atoms with Crippen molar-refractivity contribution >= 4 is 34.0 Å². The number of rotatable bonds is 7. The van der Waals surface area contributed by atoms with Gasteiger partial charge in [0, 0.05) is 15.6 Å². The number of carbonyl (C=O) groups is 2. The van der Waals surface area contributed by atoms with E-state index in [-0.39, 0.29) is 0 Å². The molecule has 164 valence electrons. The summed E-state index contributed by atoms with van der Waals surface area (Å²) in [4.78, 5) is 24.9. The van der Waals surface area contributed by atoms with Crippen LogP contribution in [-0.4, -0.2) is 32.3 Å².